The summed E-state index contributed by atoms with van der Waals surface area (Å²) in [6, 6.07) is 0. The largest absolute Gasteiger partial charge is 0.461 e. The van der Waals surface area contributed by atoms with Crippen molar-refractivity contribution < 1.29 is 19.1 Å². The van der Waals surface area contributed by atoms with E-state index in [2.05, 4.69) is 13.2 Å². The fourth-order valence-electron chi connectivity index (χ4n) is 1.47. The van der Waals surface area contributed by atoms with Crippen molar-refractivity contribution in [1.82, 2.24) is 0 Å². The molecule has 0 saturated carbocycles. The maximum absolute atomic E-state index is 11.9. The Morgan fingerprint density at radius 2 is 1.63 bits per heavy atom. The van der Waals surface area contributed by atoms with E-state index in [4.69, 9.17) is 9.47 Å². The van der Waals surface area contributed by atoms with Crippen LogP contribution in [-0.2, 0) is 19.1 Å². The summed E-state index contributed by atoms with van der Waals surface area (Å²) in [7, 11) is 0. The van der Waals surface area contributed by atoms with Gasteiger partial charge in [0.2, 0.25) is 0 Å². The Morgan fingerprint density at radius 1 is 1.11 bits per heavy atom. The van der Waals surface area contributed by atoms with Crippen LogP contribution in [-0.4, -0.2) is 25.2 Å². The Morgan fingerprint density at radius 3 is 2.11 bits per heavy atom. The summed E-state index contributed by atoms with van der Waals surface area (Å²) in [4.78, 5) is 23.7. The number of hydrogen-bond donors (Lipinski definition) is 0. The summed E-state index contributed by atoms with van der Waals surface area (Å²) >= 11 is 0. The van der Waals surface area contributed by atoms with Gasteiger partial charge in [0.1, 0.15) is 13.2 Å². The molecule has 0 aromatic carbocycles. The molecule has 4 nitrogen and oxygen atoms in total. The van der Waals surface area contributed by atoms with Gasteiger partial charge in [-0.15, -0.1) is 0 Å². The molecule has 0 fully saturated rings. The third kappa shape index (κ3) is 6.60. The quantitative estimate of drug-likeness (QED) is 0.475. The molecule has 0 aliphatic rings. The van der Waals surface area contributed by atoms with Crippen LogP contribution in [0.2, 0.25) is 0 Å². The van der Waals surface area contributed by atoms with Crippen LogP contribution in [0.15, 0.2) is 37.5 Å². The zero-order valence-corrected chi connectivity index (χ0v) is 11.6. The molecule has 0 aliphatic carbocycles. The van der Waals surface area contributed by atoms with Crippen molar-refractivity contribution in [3.63, 3.8) is 0 Å². The van der Waals surface area contributed by atoms with Crippen LogP contribution in [0.3, 0.4) is 0 Å². The average molecular weight is 266 g/mol. The smallest absolute Gasteiger partial charge is 0.310 e. The van der Waals surface area contributed by atoms with Crippen molar-refractivity contribution in [3.8, 4) is 0 Å². The zero-order chi connectivity index (χ0) is 14.7. The Hall–Kier alpha value is -1.84. The van der Waals surface area contributed by atoms with E-state index in [0.717, 1.165) is 0 Å². The molecule has 0 aliphatic heterocycles. The third-order valence-corrected chi connectivity index (χ3v) is 2.59. The van der Waals surface area contributed by atoms with Crippen molar-refractivity contribution in [1.29, 1.82) is 0 Å². The molecule has 0 spiro atoms. The molecule has 0 saturated heterocycles. The fourth-order valence-corrected chi connectivity index (χ4v) is 1.47. The van der Waals surface area contributed by atoms with Gasteiger partial charge in [0.15, 0.2) is 0 Å². The third-order valence-electron chi connectivity index (χ3n) is 2.59. The highest BCUT2D eigenvalue weighted by Crippen LogP contribution is 2.20. The molecule has 19 heavy (non-hydrogen) atoms. The molecule has 0 heterocycles. The van der Waals surface area contributed by atoms with Crippen LogP contribution in [0.25, 0.3) is 0 Å². The van der Waals surface area contributed by atoms with Gasteiger partial charge in [0.05, 0.1) is 11.8 Å². The highest BCUT2D eigenvalue weighted by Gasteiger charge is 2.31. The molecule has 4 heteroatoms. The van der Waals surface area contributed by atoms with Crippen LogP contribution in [0, 0.1) is 11.8 Å². The average Bonchev–Trinajstić information content (AvgIpc) is 2.42. The van der Waals surface area contributed by atoms with Crippen molar-refractivity contribution in [3.05, 3.63) is 37.5 Å². The maximum Gasteiger partial charge on any atom is 0.310 e. The first-order chi connectivity index (χ1) is 9.08. The maximum atomic E-state index is 11.9. The van der Waals surface area contributed by atoms with E-state index in [1.54, 1.807) is 6.92 Å². The van der Waals surface area contributed by atoms with E-state index < -0.39 is 23.8 Å². The predicted octanol–water partition coefficient (Wildman–Crippen LogP) is 2.66. The molecular formula is C15H22O4. The molecule has 106 valence electrons. The normalized spacial score (nSPS) is 13.6. The van der Waals surface area contributed by atoms with Gasteiger partial charge in [-0.25, -0.2) is 0 Å². The van der Waals surface area contributed by atoms with Crippen LogP contribution in [0.1, 0.15) is 20.3 Å². The van der Waals surface area contributed by atoms with Gasteiger partial charge in [-0.2, -0.15) is 0 Å². The van der Waals surface area contributed by atoms with E-state index in [1.807, 2.05) is 19.1 Å². The molecule has 0 aromatic heterocycles. The van der Waals surface area contributed by atoms with Crippen molar-refractivity contribution >= 4 is 11.9 Å². The van der Waals surface area contributed by atoms with Gasteiger partial charge in [-0.05, 0) is 13.3 Å². The number of hydrogen-bond acceptors (Lipinski definition) is 4. The number of ether oxygens (including phenoxy) is 2. The lowest BCUT2D eigenvalue weighted by atomic mass is 9.91. The zero-order valence-electron chi connectivity index (χ0n) is 11.6. The Balaban J connectivity index is 4.70. The van der Waals surface area contributed by atoms with E-state index >= 15 is 0 Å². The monoisotopic (exact) mass is 266 g/mol. The van der Waals surface area contributed by atoms with Crippen LogP contribution in [0.4, 0.5) is 0 Å². The Kier molecular flexibility index (Phi) is 9.14. The molecular weight excluding hydrogens is 244 g/mol. The lowest BCUT2D eigenvalue weighted by Gasteiger charge is -2.19. The molecule has 2 atom stereocenters. The molecule has 0 N–H and O–H groups in total. The highest BCUT2D eigenvalue weighted by atomic mass is 16.5. The van der Waals surface area contributed by atoms with E-state index in [-0.39, 0.29) is 13.2 Å². The predicted molar refractivity (Wildman–Crippen MR) is 74.4 cm³/mol. The second-order valence-electron chi connectivity index (χ2n) is 4.04. The van der Waals surface area contributed by atoms with Gasteiger partial charge in [-0.1, -0.05) is 44.4 Å². The highest BCUT2D eigenvalue weighted by molar-refractivity contribution is 5.82. The minimum Gasteiger partial charge on any atom is -0.461 e. The Labute approximate surface area is 114 Å². The molecule has 0 rings (SSSR count). The molecule has 0 amide bonds. The topological polar surface area (TPSA) is 52.6 Å². The van der Waals surface area contributed by atoms with E-state index in [0.29, 0.717) is 6.42 Å². The first kappa shape index (κ1) is 17.2. The number of esters is 2. The van der Waals surface area contributed by atoms with Crippen LogP contribution >= 0.6 is 0 Å². The van der Waals surface area contributed by atoms with Gasteiger partial charge >= 0.3 is 11.9 Å². The first-order valence-electron chi connectivity index (χ1n) is 6.24. The number of allylic oxidation sites excluding steroid dienone is 2. The first-order valence-corrected chi connectivity index (χ1v) is 6.24. The van der Waals surface area contributed by atoms with E-state index in [9.17, 15) is 9.59 Å². The van der Waals surface area contributed by atoms with Crippen LogP contribution in [0.5, 0.6) is 0 Å². The summed E-state index contributed by atoms with van der Waals surface area (Å²) in [6.07, 6.45) is 7.08. The molecule has 0 radical (unpaired) electrons. The van der Waals surface area contributed by atoms with E-state index in [1.165, 1.54) is 12.2 Å². The second kappa shape index (κ2) is 10.1. The van der Waals surface area contributed by atoms with Gasteiger partial charge < -0.3 is 9.47 Å². The molecule has 2 unspecified atom stereocenters. The summed E-state index contributed by atoms with van der Waals surface area (Å²) < 4.78 is 9.97. The van der Waals surface area contributed by atoms with Gasteiger partial charge in [0, 0.05) is 0 Å². The standard InChI is InChI=1S/C15H22O4/c1-5-8-9-13(15(17)19-11-7-3)12(4)14(16)18-10-6-2/h5-8,12-13H,2-3,9-11H2,1,4H3. The van der Waals surface area contributed by atoms with Crippen molar-refractivity contribution in [2.75, 3.05) is 13.2 Å². The SMILES string of the molecule is C=CCOC(=O)C(C)C(CC=CC)C(=O)OCC=C. The molecule has 0 bridgehead atoms. The summed E-state index contributed by atoms with van der Waals surface area (Å²) in [5, 5.41) is 0. The minimum atomic E-state index is -0.562. The number of carbonyl (C=O) groups excluding carboxylic acids is 2. The number of rotatable bonds is 9. The summed E-state index contributed by atoms with van der Waals surface area (Å²) in [5.74, 6) is -1.95. The van der Waals surface area contributed by atoms with Gasteiger partial charge in [-0.3, -0.25) is 9.59 Å². The fraction of sp³-hybridized carbons (Fsp3) is 0.467. The molecule has 0 aromatic rings. The number of carbonyl (C=O) groups is 2. The van der Waals surface area contributed by atoms with Crippen molar-refractivity contribution in [2.45, 2.75) is 20.3 Å². The lowest BCUT2D eigenvalue weighted by molar-refractivity contribution is -0.158. The Bertz CT molecular complexity index is 344. The van der Waals surface area contributed by atoms with Crippen LogP contribution < -0.4 is 0 Å². The second-order valence-corrected chi connectivity index (χ2v) is 4.04. The lowest BCUT2D eigenvalue weighted by Crippen LogP contribution is -2.30. The summed E-state index contributed by atoms with van der Waals surface area (Å²) in [5.41, 5.74) is 0. The van der Waals surface area contributed by atoms with Gasteiger partial charge in [0.25, 0.3) is 0 Å². The summed E-state index contributed by atoms with van der Waals surface area (Å²) in [6.45, 7) is 10.7. The van der Waals surface area contributed by atoms with Crippen molar-refractivity contribution in [2.24, 2.45) is 11.8 Å². The minimum absolute atomic E-state index is 0.138.